The smallest absolute Gasteiger partial charge is 0.253 e. The maximum absolute atomic E-state index is 11.6. The Balaban J connectivity index is 0.00000196. The summed E-state index contributed by atoms with van der Waals surface area (Å²) in [6.07, 6.45) is 0. The second-order valence-corrected chi connectivity index (χ2v) is 5.48. The van der Waals surface area contributed by atoms with Gasteiger partial charge in [-0.15, -0.1) is 23.7 Å². The van der Waals surface area contributed by atoms with Crippen LogP contribution in [-0.2, 0) is 0 Å². The predicted molar refractivity (Wildman–Crippen MR) is 70.3 cm³/mol. The molecule has 0 fully saturated rings. The molecule has 0 bridgehead atoms. The van der Waals surface area contributed by atoms with Gasteiger partial charge in [-0.25, -0.2) is 0 Å². The van der Waals surface area contributed by atoms with Crippen molar-refractivity contribution in [3.63, 3.8) is 0 Å². The van der Waals surface area contributed by atoms with E-state index in [1.165, 1.54) is 0 Å². The fourth-order valence-corrected chi connectivity index (χ4v) is 2.82. The molecule has 1 aromatic heterocycles. The van der Waals surface area contributed by atoms with E-state index in [2.05, 4.69) is 26.6 Å². The Morgan fingerprint density at radius 1 is 1.53 bits per heavy atom. The lowest BCUT2D eigenvalue weighted by Gasteiger charge is -2.02. The van der Waals surface area contributed by atoms with E-state index >= 15 is 0 Å². The highest BCUT2D eigenvalue weighted by atomic mass is 79.9. The zero-order valence-electron chi connectivity index (χ0n) is 8.59. The normalized spacial score (nSPS) is 9.53. The van der Waals surface area contributed by atoms with Gasteiger partial charge in [0.05, 0.1) is 9.35 Å². The maximum atomic E-state index is 11.6. The first-order valence-electron chi connectivity index (χ1n) is 4.34. The van der Waals surface area contributed by atoms with E-state index in [-0.39, 0.29) is 18.3 Å². The van der Waals surface area contributed by atoms with Crippen LogP contribution in [0.3, 0.4) is 0 Å². The van der Waals surface area contributed by atoms with Crippen LogP contribution in [0.5, 0.6) is 0 Å². The predicted octanol–water partition coefficient (Wildman–Crippen LogP) is 2.19. The quantitative estimate of drug-likeness (QED) is 0.837. The van der Waals surface area contributed by atoms with Crippen molar-refractivity contribution < 1.29 is 4.79 Å². The minimum absolute atomic E-state index is 0. The number of rotatable bonds is 4. The molecule has 1 aromatic rings. The third kappa shape index (κ3) is 4.51. The molecule has 1 amide bonds. The minimum Gasteiger partial charge on any atom is -0.351 e. The van der Waals surface area contributed by atoms with Gasteiger partial charge in [-0.2, -0.15) is 0 Å². The Morgan fingerprint density at radius 2 is 2.20 bits per heavy atom. The van der Waals surface area contributed by atoms with Gasteiger partial charge in [0.25, 0.3) is 5.91 Å². The molecule has 0 aliphatic rings. The summed E-state index contributed by atoms with van der Waals surface area (Å²) in [5.74, 6) is -0.0172. The molecule has 1 heterocycles. The van der Waals surface area contributed by atoms with E-state index in [0.29, 0.717) is 6.54 Å². The molecular formula is C9H14BrClN2OS. The number of amides is 1. The molecule has 0 aromatic carbocycles. The van der Waals surface area contributed by atoms with E-state index in [1.54, 1.807) is 11.3 Å². The largest absolute Gasteiger partial charge is 0.351 e. The monoisotopic (exact) mass is 312 g/mol. The molecule has 0 atom stereocenters. The number of thiophene rings is 1. The van der Waals surface area contributed by atoms with Crippen molar-refractivity contribution in [2.75, 3.05) is 20.1 Å². The molecule has 0 saturated heterocycles. The Kier molecular flexibility index (Phi) is 7.17. The van der Waals surface area contributed by atoms with Crippen LogP contribution in [0.4, 0.5) is 0 Å². The Labute approximate surface area is 108 Å². The number of carbonyl (C=O) groups is 1. The van der Waals surface area contributed by atoms with E-state index in [0.717, 1.165) is 20.8 Å². The zero-order chi connectivity index (χ0) is 10.6. The van der Waals surface area contributed by atoms with Gasteiger partial charge in [0.2, 0.25) is 0 Å². The summed E-state index contributed by atoms with van der Waals surface area (Å²) in [5.41, 5.74) is 0.726. The van der Waals surface area contributed by atoms with Crippen LogP contribution in [0.15, 0.2) is 9.85 Å². The summed E-state index contributed by atoms with van der Waals surface area (Å²) < 4.78 is 0.900. The van der Waals surface area contributed by atoms with E-state index in [9.17, 15) is 4.79 Å². The lowest BCUT2D eigenvalue weighted by Crippen LogP contribution is -2.30. The van der Waals surface area contributed by atoms with Crippen LogP contribution in [0, 0.1) is 6.92 Å². The number of carbonyl (C=O) groups excluding carboxylic acids is 1. The van der Waals surface area contributed by atoms with Gasteiger partial charge < -0.3 is 10.6 Å². The number of nitrogens with one attached hydrogen (secondary N) is 2. The third-order valence-electron chi connectivity index (χ3n) is 1.72. The second kappa shape index (κ2) is 7.22. The standard InChI is InChI=1S/C9H13BrN2OS.ClH/c1-6-5-7(8(10)14-6)9(13)12-4-3-11-2;/h5,11H,3-4H2,1-2H3,(H,12,13);1H. The van der Waals surface area contributed by atoms with Crippen LogP contribution < -0.4 is 10.6 Å². The first kappa shape index (κ1) is 14.9. The number of hydrogen-bond donors (Lipinski definition) is 2. The first-order chi connectivity index (χ1) is 6.65. The number of halogens is 2. The average Bonchev–Trinajstić information content (AvgIpc) is 2.45. The molecule has 0 aliphatic carbocycles. The number of likely N-dealkylation sites (N-methyl/N-ethyl adjacent to an activating group) is 1. The summed E-state index contributed by atoms with van der Waals surface area (Å²) in [5, 5.41) is 5.80. The van der Waals surface area contributed by atoms with Crippen molar-refractivity contribution in [3.05, 3.63) is 20.3 Å². The number of hydrogen-bond acceptors (Lipinski definition) is 3. The van der Waals surface area contributed by atoms with Crippen molar-refractivity contribution in [1.29, 1.82) is 0 Å². The Bertz CT molecular complexity index is 330. The molecule has 0 spiro atoms. The van der Waals surface area contributed by atoms with Gasteiger partial charge >= 0.3 is 0 Å². The van der Waals surface area contributed by atoms with Crippen LogP contribution >= 0.6 is 39.7 Å². The fourth-order valence-electron chi connectivity index (χ4n) is 1.04. The van der Waals surface area contributed by atoms with Gasteiger partial charge in [-0.05, 0) is 36.0 Å². The SMILES string of the molecule is CNCCNC(=O)c1cc(C)sc1Br.Cl. The zero-order valence-corrected chi connectivity index (χ0v) is 11.8. The summed E-state index contributed by atoms with van der Waals surface area (Å²) in [6, 6.07) is 1.89. The van der Waals surface area contributed by atoms with Crippen LogP contribution in [-0.4, -0.2) is 26.0 Å². The second-order valence-electron chi connectivity index (χ2n) is 2.90. The summed E-state index contributed by atoms with van der Waals surface area (Å²) in [4.78, 5) is 12.7. The topological polar surface area (TPSA) is 41.1 Å². The lowest BCUT2D eigenvalue weighted by atomic mass is 10.3. The fraction of sp³-hybridized carbons (Fsp3) is 0.444. The molecule has 0 unspecified atom stereocenters. The molecular weight excluding hydrogens is 300 g/mol. The molecule has 0 saturated carbocycles. The maximum Gasteiger partial charge on any atom is 0.253 e. The molecule has 6 heteroatoms. The Morgan fingerprint density at radius 3 is 2.67 bits per heavy atom. The molecule has 0 radical (unpaired) electrons. The van der Waals surface area contributed by atoms with Crippen LogP contribution in [0.2, 0.25) is 0 Å². The average molecular weight is 314 g/mol. The van der Waals surface area contributed by atoms with Crippen molar-refractivity contribution in [2.45, 2.75) is 6.92 Å². The highest BCUT2D eigenvalue weighted by molar-refractivity contribution is 9.11. The molecule has 86 valence electrons. The van der Waals surface area contributed by atoms with Gasteiger partial charge in [-0.3, -0.25) is 4.79 Å². The van der Waals surface area contributed by atoms with Gasteiger partial charge in [0, 0.05) is 18.0 Å². The third-order valence-corrected chi connectivity index (χ3v) is 3.47. The summed E-state index contributed by atoms with van der Waals surface area (Å²) in [7, 11) is 1.86. The molecule has 1 rings (SSSR count). The summed E-state index contributed by atoms with van der Waals surface area (Å²) >= 11 is 4.95. The highest BCUT2D eigenvalue weighted by Gasteiger charge is 2.11. The van der Waals surface area contributed by atoms with Gasteiger partial charge in [-0.1, -0.05) is 0 Å². The van der Waals surface area contributed by atoms with E-state index < -0.39 is 0 Å². The lowest BCUT2D eigenvalue weighted by molar-refractivity contribution is 0.0954. The minimum atomic E-state index is -0.0172. The van der Waals surface area contributed by atoms with Crippen molar-refractivity contribution >= 4 is 45.6 Å². The summed E-state index contributed by atoms with van der Waals surface area (Å²) in [6.45, 7) is 3.42. The molecule has 15 heavy (non-hydrogen) atoms. The highest BCUT2D eigenvalue weighted by Crippen LogP contribution is 2.27. The van der Waals surface area contributed by atoms with Crippen LogP contribution in [0.25, 0.3) is 0 Å². The molecule has 2 N–H and O–H groups in total. The molecule has 3 nitrogen and oxygen atoms in total. The van der Waals surface area contributed by atoms with Gasteiger partial charge in [0.1, 0.15) is 0 Å². The van der Waals surface area contributed by atoms with Crippen molar-refractivity contribution in [2.24, 2.45) is 0 Å². The van der Waals surface area contributed by atoms with Crippen molar-refractivity contribution in [3.8, 4) is 0 Å². The van der Waals surface area contributed by atoms with E-state index in [1.807, 2.05) is 20.0 Å². The van der Waals surface area contributed by atoms with Gasteiger partial charge in [0.15, 0.2) is 0 Å². The van der Waals surface area contributed by atoms with Crippen molar-refractivity contribution in [1.82, 2.24) is 10.6 Å². The van der Waals surface area contributed by atoms with Crippen LogP contribution in [0.1, 0.15) is 15.2 Å². The van der Waals surface area contributed by atoms with E-state index in [4.69, 9.17) is 0 Å². The molecule has 0 aliphatic heterocycles. The Hall–Kier alpha value is -0.100. The first-order valence-corrected chi connectivity index (χ1v) is 5.95. The number of aryl methyl sites for hydroxylation is 1.